The van der Waals surface area contributed by atoms with Gasteiger partial charge in [-0.05, 0) is 38.0 Å². The maximum Gasteiger partial charge on any atom is 0.248 e. The van der Waals surface area contributed by atoms with E-state index in [0.717, 1.165) is 12.8 Å². The zero-order valence-electron chi connectivity index (χ0n) is 11.8. The molecular formula is C14H24N2O2. The molecule has 4 heteroatoms. The molecule has 0 aromatic heterocycles. The molecule has 102 valence electrons. The highest BCUT2D eigenvalue weighted by molar-refractivity contribution is 5.99. The second kappa shape index (κ2) is 4.56. The number of hydrogen-bond acceptors (Lipinski definition) is 2. The number of nitrogens with one attached hydrogen (secondary N) is 1. The van der Waals surface area contributed by atoms with Crippen molar-refractivity contribution in [3.05, 3.63) is 0 Å². The Kier molecular flexibility index (Phi) is 3.39. The van der Waals surface area contributed by atoms with E-state index in [2.05, 4.69) is 19.2 Å². The average Bonchev–Trinajstić information content (AvgIpc) is 3.09. The minimum atomic E-state index is -0.711. The summed E-state index contributed by atoms with van der Waals surface area (Å²) in [6.45, 7) is 8.65. The average molecular weight is 252 g/mol. The summed E-state index contributed by atoms with van der Waals surface area (Å²) in [5.74, 6) is 0.911. The summed E-state index contributed by atoms with van der Waals surface area (Å²) in [6.07, 6.45) is 2.79. The molecule has 0 spiro atoms. The molecule has 1 saturated carbocycles. The van der Waals surface area contributed by atoms with Crippen molar-refractivity contribution < 1.29 is 9.59 Å². The van der Waals surface area contributed by atoms with Crippen LogP contribution in [0.1, 0.15) is 47.0 Å². The molecule has 1 heterocycles. The van der Waals surface area contributed by atoms with Gasteiger partial charge in [-0.2, -0.15) is 0 Å². The van der Waals surface area contributed by atoms with Gasteiger partial charge in [0.15, 0.2) is 0 Å². The number of amides is 2. The van der Waals surface area contributed by atoms with Crippen LogP contribution in [0.4, 0.5) is 0 Å². The fourth-order valence-electron chi connectivity index (χ4n) is 2.69. The number of carbonyl (C=O) groups excluding carboxylic acids is 2. The normalized spacial score (nSPS) is 32.9. The van der Waals surface area contributed by atoms with E-state index in [1.54, 1.807) is 0 Å². The monoisotopic (exact) mass is 252 g/mol. The van der Waals surface area contributed by atoms with Crippen molar-refractivity contribution in [2.75, 3.05) is 6.54 Å². The van der Waals surface area contributed by atoms with E-state index in [0.29, 0.717) is 24.8 Å². The van der Waals surface area contributed by atoms with E-state index in [4.69, 9.17) is 0 Å². The second-order valence-corrected chi connectivity index (χ2v) is 6.31. The molecule has 1 aliphatic carbocycles. The Morgan fingerprint density at radius 2 is 2.00 bits per heavy atom. The van der Waals surface area contributed by atoms with Gasteiger partial charge in [0.2, 0.25) is 11.8 Å². The summed E-state index contributed by atoms with van der Waals surface area (Å²) in [5.41, 5.74) is -0.711. The first-order valence-electron chi connectivity index (χ1n) is 7.02. The Morgan fingerprint density at radius 1 is 1.39 bits per heavy atom. The van der Waals surface area contributed by atoms with Gasteiger partial charge in [-0.25, -0.2) is 0 Å². The van der Waals surface area contributed by atoms with E-state index in [9.17, 15) is 9.59 Å². The zero-order valence-corrected chi connectivity index (χ0v) is 11.8. The zero-order chi connectivity index (χ0) is 13.5. The van der Waals surface area contributed by atoms with Crippen LogP contribution in [0.3, 0.4) is 0 Å². The largest absolute Gasteiger partial charge is 0.340 e. The van der Waals surface area contributed by atoms with Crippen LogP contribution in [0.2, 0.25) is 0 Å². The summed E-state index contributed by atoms with van der Waals surface area (Å²) < 4.78 is 0. The van der Waals surface area contributed by atoms with Gasteiger partial charge in [0.05, 0.1) is 0 Å². The minimum Gasteiger partial charge on any atom is -0.340 e. The van der Waals surface area contributed by atoms with E-state index in [1.165, 1.54) is 0 Å². The van der Waals surface area contributed by atoms with E-state index in [-0.39, 0.29) is 17.9 Å². The van der Waals surface area contributed by atoms with Crippen LogP contribution in [-0.4, -0.2) is 34.8 Å². The third-order valence-corrected chi connectivity index (χ3v) is 4.07. The van der Waals surface area contributed by atoms with Crippen molar-refractivity contribution in [2.24, 2.45) is 11.8 Å². The van der Waals surface area contributed by atoms with Gasteiger partial charge in [-0.1, -0.05) is 20.8 Å². The highest BCUT2D eigenvalue weighted by Crippen LogP contribution is 2.38. The van der Waals surface area contributed by atoms with Gasteiger partial charge in [0.25, 0.3) is 0 Å². The first-order valence-corrected chi connectivity index (χ1v) is 7.02. The van der Waals surface area contributed by atoms with Crippen molar-refractivity contribution in [1.29, 1.82) is 0 Å². The first kappa shape index (κ1) is 13.4. The minimum absolute atomic E-state index is 0.0436. The molecule has 2 fully saturated rings. The molecule has 0 aromatic rings. The smallest absolute Gasteiger partial charge is 0.248 e. The standard InChI is InChI=1S/C14H24N2O2/c1-5-14(4)13(18)16(8-9(2)3)11(10-6-7-10)12(17)15-14/h9-11H,5-8H2,1-4H3,(H,15,17). The lowest BCUT2D eigenvalue weighted by Crippen LogP contribution is -2.70. The summed E-state index contributed by atoms with van der Waals surface area (Å²) in [6, 6.07) is -0.223. The van der Waals surface area contributed by atoms with Crippen LogP contribution in [-0.2, 0) is 9.59 Å². The molecule has 0 radical (unpaired) electrons. The Labute approximate surface area is 109 Å². The molecule has 2 rings (SSSR count). The summed E-state index contributed by atoms with van der Waals surface area (Å²) in [7, 11) is 0. The molecule has 0 bridgehead atoms. The molecule has 0 aromatic carbocycles. The molecule has 2 unspecified atom stereocenters. The highest BCUT2D eigenvalue weighted by Gasteiger charge is 2.51. The van der Waals surface area contributed by atoms with E-state index < -0.39 is 5.54 Å². The fourth-order valence-corrected chi connectivity index (χ4v) is 2.69. The predicted molar refractivity (Wildman–Crippen MR) is 69.9 cm³/mol. The van der Waals surface area contributed by atoms with Crippen molar-refractivity contribution in [2.45, 2.75) is 58.5 Å². The Morgan fingerprint density at radius 3 is 2.44 bits per heavy atom. The molecule has 1 saturated heterocycles. The van der Waals surface area contributed by atoms with Crippen LogP contribution in [0.15, 0.2) is 0 Å². The molecule has 2 amide bonds. The molecule has 2 atom stereocenters. The molecule has 1 aliphatic heterocycles. The summed E-state index contributed by atoms with van der Waals surface area (Å²) >= 11 is 0. The number of carbonyl (C=O) groups is 2. The summed E-state index contributed by atoms with van der Waals surface area (Å²) in [4.78, 5) is 26.7. The lowest BCUT2D eigenvalue weighted by molar-refractivity contribution is -0.156. The molecule has 2 aliphatic rings. The molecule has 18 heavy (non-hydrogen) atoms. The number of piperazine rings is 1. The van der Waals surface area contributed by atoms with Gasteiger partial charge in [0.1, 0.15) is 11.6 Å². The van der Waals surface area contributed by atoms with Gasteiger partial charge in [0, 0.05) is 6.54 Å². The molecular weight excluding hydrogens is 228 g/mol. The Bertz CT molecular complexity index is 363. The Balaban J connectivity index is 2.26. The van der Waals surface area contributed by atoms with Crippen LogP contribution in [0.25, 0.3) is 0 Å². The van der Waals surface area contributed by atoms with Crippen LogP contribution in [0, 0.1) is 11.8 Å². The first-order chi connectivity index (χ1) is 8.39. The maximum absolute atomic E-state index is 12.6. The van der Waals surface area contributed by atoms with Crippen LogP contribution < -0.4 is 5.32 Å². The van der Waals surface area contributed by atoms with Gasteiger partial charge < -0.3 is 10.2 Å². The third-order valence-electron chi connectivity index (χ3n) is 4.07. The quantitative estimate of drug-likeness (QED) is 0.825. The van der Waals surface area contributed by atoms with Crippen LogP contribution >= 0.6 is 0 Å². The number of rotatable bonds is 4. The number of hydrogen-bond donors (Lipinski definition) is 1. The lowest BCUT2D eigenvalue weighted by Gasteiger charge is -2.45. The van der Waals surface area contributed by atoms with Crippen LogP contribution in [0.5, 0.6) is 0 Å². The van der Waals surface area contributed by atoms with Crippen molar-refractivity contribution in [3.63, 3.8) is 0 Å². The fraction of sp³-hybridized carbons (Fsp3) is 0.857. The van der Waals surface area contributed by atoms with Crippen molar-refractivity contribution in [3.8, 4) is 0 Å². The van der Waals surface area contributed by atoms with Crippen molar-refractivity contribution in [1.82, 2.24) is 10.2 Å². The predicted octanol–water partition coefficient (Wildman–Crippen LogP) is 1.55. The molecule has 4 nitrogen and oxygen atoms in total. The highest BCUT2D eigenvalue weighted by atomic mass is 16.2. The van der Waals surface area contributed by atoms with Gasteiger partial charge in [-0.15, -0.1) is 0 Å². The summed E-state index contributed by atoms with van der Waals surface area (Å²) in [5, 5.41) is 2.94. The van der Waals surface area contributed by atoms with E-state index in [1.807, 2.05) is 18.7 Å². The number of nitrogens with zero attached hydrogens (tertiary/aromatic N) is 1. The Hall–Kier alpha value is -1.06. The lowest BCUT2D eigenvalue weighted by atomic mass is 9.90. The molecule has 1 N–H and O–H groups in total. The van der Waals surface area contributed by atoms with E-state index >= 15 is 0 Å². The third kappa shape index (κ3) is 2.25. The van der Waals surface area contributed by atoms with Crippen molar-refractivity contribution >= 4 is 11.8 Å². The maximum atomic E-state index is 12.6. The van der Waals surface area contributed by atoms with Gasteiger partial charge in [-0.3, -0.25) is 9.59 Å². The SMILES string of the molecule is CCC1(C)NC(=O)C(C2CC2)N(CC(C)C)C1=O. The topological polar surface area (TPSA) is 49.4 Å². The second-order valence-electron chi connectivity index (χ2n) is 6.31. The van der Waals surface area contributed by atoms with Gasteiger partial charge >= 0.3 is 0 Å².